The fraction of sp³-hybridized carbons (Fsp3) is 0.158. The van der Waals surface area contributed by atoms with Gasteiger partial charge in [-0.2, -0.15) is 18.3 Å². The number of aromatic amines is 1. The smallest absolute Gasteiger partial charge is 0.321 e. The molecule has 164 valence electrons. The van der Waals surface area contributed by atoms with Crippen LogP contribution in [-0.4, -0.2) is 30.8 Å². The molecule has 2 aromatic carbocycles. The van der Waals surface area contributed by atoms with Crippen molar-refractivity contribution in [3.63, 3.8) is 0 Å². The number of sulfonamides is 1. The van der Waals surface area contributed by atoms with Crippen molar-refractivity contribution < 1.29 is 21.6 Å². The van der Waals surface area contributed by atoms with Crippen LogP contribution in [0.3, 0.4) is 0 Å². The van der Waals surface area contributed by atoms with Gasteiger partial charge in [0, 0.05) is 24.5 Å². The summed E-state index contributed by atoms with van der Waals surface area (Å²) in [6.45, 7) is 1.90. The number of aryl methyl sites for hydroxylation is 1. The van der Waals surface area contributed by atoms with Crippen LogP contribution >= 0.6 is 12.2 Å². The minimum Gasteiger partial charge on any atom is -0.321 e. The zero-order valence-corrected chi connectivity index (χ0v) is 18.0. The normalized spacial score (nSPS) is 11.9. The van der Waals surface area contributed by atoms with Gasteiger partial charge in [0.25, 0.3) is 0 Å². The van der Waals surface area contributed by atoms with Crippen LogP contribution in [0.4, 0.5) is 30.4 Å². The highest BCUT2D eigenvalue weighted by Crippen LogP contribution is 2.33. The minimum atomic E-state index is -4.63. The van der Waals surface area contributed by atoms with Gasteiger partial charge in [-0.1, -0.05) is 12.1 Å². The van der Waals surface area contributed by atoms with Crippen LogP contribution in [0.25, 0.3) is 0 Å². The van der Waals surface area contributed by atoms with Crippen LogP contribution in [0.2, 0.25) is 0 Å². The number of hydrogen-bond acceptors (Lipinski definition) is 4. The van der Waals surface area contributed by atoms with Crippen LogP contribution in [0.15, 0.2) is 59.5 Å². The van der Waals surface area contributed by atoms with Gasteiger partial charge in [-0.3, -0.25) is 10.00 Å². The van der Waals surface area contributed by atoms with Gasteiger partial charge >= 0.3 is 6.18 Å². The van der Waals surface area contributed by atoms with Crippen molar-refractivity contribution in [3.05, 3.63) is 65.9 Å². The van der Waals surface area contributed by atoms with Crippen molar-refractivity contribution in [1.29, 1.82) is 0 Å². The molecule has 3 aromatic rings. The summed E-state index contributed by atoms with van der Waals surface area (Å²) in [4.78, 5) is 2.76. The molecule has 12 heteroatoms. The molecule has 1 aromatic heterocycles. The summed E-state index contributed by atoms with van der Waals surface area (Å²) in [6.07, 6.45) is -4.63. The van der Waals surface area contributed by atoms with Crippen molar-refractivity contribution in [2.75, 3.05) is 16.8 Å². The first-order chi connectivity index (χ1) is 14.4. The lowest BCUT2D eigenvalue weighted by Crippen LogP contribution is -2.38. The van der Waals surface area contributed by atoms with Crippen LogP contribution in [0.1, 0.15) is 11.3 Å². The molecule has 0 atom stereocenters. The van der Waals surface area contributed by atoms with E-state index in [1.165, 1.54) is 29.2 Å². The summed E-state index contributed by atoms with van der Waals surface area (Å²) in [5.74, 6) is -0.111. The average molecular weight is 470 g/mol. The number of nitrogens with two attached hydrogens (primary N) is 1. The Bertz CT molecular complexity index is 1210. The van der Waals surface area contributed by atoms with Gasteiger partial charge in [0.15, 0.2) is 10.9 Å². The monoisotopic (exact) mass is 469 g/mol. The zero-order chi connectivity index (χ0) is 23.0. The SMILES string of the molecule is Cc1cccc(N(C)C(=S)N(c2ccc(S(N)(=O)=O)cc2)c2cc(C(F)(F)F)[nH]n2)c1. The Kier molecular flexibility index (Phi) is 6.07. The van der Waals surface area contributed by atoms with Gasteiger partial charge < -0.3 is 4.90 Å². The molecule has 0 spiro atoms. The third-order valence-corrected chi connectivity index (χ3v) is 5.78. The molecular formula is C19H18F3N5O2S2. The molecule has 7 nitrogen and oxygen atoms in total. The lowest BCUT2D eigenvalue weighted by atomic mass is 10.2. The number of nitrogens with zero attached hydrogens (tertiary/aromatic N) is 3. The standard InChI is InChI=1S/C19H18F3N5O2S2/c1-12-4-3-5-14(10-12)26(2)18(30)27(17-11-16(24-25-17)19(20,21)22)13-6-8-15(9-7-13)31(23,28)29/h3-11H,1-2H3,(H,24,25)(H2,23,28,29). The molecule has 0 aliphatic carbocycles. The third kappa shape index (κ3) is 5.03. The van der Waals surface area contributed by atoms with E-state index >= 15 is 0 Å². The molecule has 3 rings (SSSR count). The van der Waals surface area contributed by atoms with Crippen molar-refractivity contribution in [2.24, 2.45) is 5.14 Å². The summed E-state index contributed by atoms with van der Waals surface area (Å²) in [5, 5.41) is 11.0. The molecule has 0 saturated heterocycles. The highest BCUT2D eigenvalue weighted by molar-refractivity contribution is 7.89. The Morgan fingerprint density at radius 3 is 2.26 bits per heavy atom. The second kappa shape index (κ2) is 8.29. The Morgan fingerprint density at radius 1 is 1.10 bits per heavy atom. The van der Waals surface area contributed by atoms with Crippen LogP contribution < -0.4 is 14.9 Å². The maximum absolute atomic E-state index is 13.1. The van der Waals surface area contributed by atoms with Gasteiger partial charge in [-0.05, 0) is 61.1 Å². The number of hydrogen-bond donors (Lipinski definition) is 2. The Balaban J connectivity index is 2.08. The molecule has 0 aliphatic rings. The minimum absolute atomic E-state index is 0.111. The number of benzene rings is 2. The number of anilines is 3. The number of nitrogens with one attached hydrogen (secondary N) is 1. The number of primary sulfonamides is 1. The molecule has 3 N–H and O–H groups in total. The number of halogens is 3. The zero-order valence-electron chi connectivity index (χ0n) is 16.4. The second-order valence-corrected chi connectivity index (χ2v) is 8.62. The molecule has 0 bridgehead atoms. The molecule has 0 saturated carbocycles. The number of rotatable bonds is 4. The van der Waals surface area contributed by atoms with Crippen molar-refractivity contribution in [3.8, 4) is 0 Å². The fourth-order valence-corrected chi connectivity index (χ4v) is 3.61. The van der Waals surface area contributed by atoms with E-state index < -0.39 is 21.9 Å². The van der Waals surface area contributed by atoms with E-state index in [0.29, 0.717) is 11.4 Å². The lowest BCUT2D eigenvalue weighted by Gasteiger charge is -2.30. The highest BCUT2D eigenvalue weighted by atomic mass is 32.2. The first-order valence-electron chi connectivity index (χ1n) is 8.78. The van der Waals surface area contributed by atoms with E-state index in [9.17, 15) is 21.6 Å². The maximum Gasteiger partial charge on any atom is 0.432 e. The summed E-state index contributed by atoms with van der Waals surface area (Å²) in [7, 11) is -2.28. The predicted octanol–water partition coefficient (Wildman–Crippen LogP) is 3.94. The summed E-state index contributed by atoms with van der Waals surface area (Å²) in [6, 6.07) is 13.5. The first-order valence-corrected chi connectivity index (χ1v) is 10.7. The molecular weight excluding hydrogens is 451 g/mol. The molecule has 0 amide bonds. The van der Waals surface area contributed by atoms with E-state index in [4.69, 9.17) is 17.4 Å². The van der Waals surface area contributed by atoms with E-state index in [2.05, 4.69) is 5.10 Å². The van der Waals surface area contributed by atoms with Gasteiger partial charge in [0.05, 0.1) is 4.90 Å². The topological polar surface area (TPSA) is 95.3 Å². The number of aromatic nitrogens is 2. The van der Waals surface area contributed by atoms with Crippen molar-refractivity contribution in [2.45, 2.75) is 18.0 Å². The number of H-pyrrole nitrogens is 1. The number of alkyl halides is 3. The Labute approximate surface area is 182 Å². The molecule has 0 fully saturated rings. The fourth-order valence-electron chi connectivity index (χ4n) is 2.79. The van der Waals surface area contributed by atoms with Gasteiger partial charge in [0.1, 0.15) is 5.69 Å². The Hall–Kier alpha value is -2.96. The maximum atomic E-state index is 13.1. The van der Waals surface area contributed by atoms with Crippen molar-refractivity contribution in [1.82, 2.24) is 10.2 Å². The van der Waals surface area contributed by atoms with Gasteiger partial charge in [0.2, 0.25) is 10.0 Å². The molecule has 0 unspecified atom stereocenters. The summed E-state index contributed by atoms with van der Waals surface area (Å²) in [5.41, 5.74) is 0.935. The predicted molar refractivity (Wildman–Crippen MR) is 116 cm³/mol. The summed E-state index contributed by atoms with van der Waals surface area (Å²) >= 11 is 5.57. The van der Waals surface area contributed by atoms with Gasteiger partial charge in [-0.15, -0.1) is 0 Å². The van der Waals surface area contributed by atoms with Crippen LogP contribution in [0, 0.1) is 6.92 Å². The number of thiocarbonyl (C=S) groups is 1. The van der Waals surface area contributed by atoms with E-state index in [1.54, 1.807) is 18.0 Å². The van der Waals surface area contributed by atoms with E-state index in [-0.39, 0.29) is 15.8 Å². The lowest BCUT2D eigenvalue weighted by molar-refractivity contribution is -0.141. The van der Waals surface area contributed by atoms with Crippen LogP contribution in [0.5, 0.6) is 0 Å². The van der Waals surface area contributed by atoms with Gasteiger partial charge in [-0.25, -0.2) is 13.6 Å². The highest BCUT2D eigenvalue weighted by Gasteiger charge is 2.34. The van der Waals surface area contributed by atoms with E-state index in [0.717, 1.165) is 11.6 Å². The van der Waals surface area contributed by atoms with Crippen LogP contribution in [-0.2, 0) is 16.2 Å². The second-order valence-electron chi connectivity index (χ2n) is 6.69. The Morgan fingerprint density at radius 2 is 1.74 bits per heavy atom. The summed E-state index contributed by atoms with van der Waals surface area (Å²) < 4.78 is 62.4. The first kappa shape index (κ1) is 22.7. The molecule has 0 radical (unpaired) electrons. The quantitative estimate of drug-likeness (QED) is 0.562. The average Bonchev–Trinajstić information content (AvgIpc) is 3.17. The molecule has 1 heterocycles. The van der Waals surface area contributed by atoms with Crippen molar-refractivity contribution >= 4 is 44.5 Å². The largest absolute Gasteiger partial charge is 0.432 e. The molecule has 31 heavy (non-hydrogen) atoms. The third-order valence-electron chi connectivity index (χ3n) is 4.39. The molecule has 0 aliphatic heterocycles. The van der Waals surface area contributed by atoms with E-state index in [1.807, 2.05) is 30.2 Å².